The lowest BCUT2D eigenvalue weighted by Gasteiger charge is -2.08. The highest BCUT2D eigenvalue weighted by atomic mass is 32.1. The number of aromatic nitrogens is 2. The lowest BCUT2D eigenvalue weighted by Crippen LogP contribution is -2.23. The van der Waals surface area contributed by atoms with Crippen molar-refractivity contribution in [3.63, 3.8) is 0 Å². The van der Waals surface area contributed by atoms with Gasteiger partial charge in [0.15, 0.2) is 11.5 Å². The van der Waals surface area contributed by atoms with Crippen LogP contribution in [0.4, 0.5) is 0 Å². The van der Waals surface area contributed by atoms with Gasteiger partial charge in [-0.2, -0.15) is 0 Å². The number of rotatable bonds is 6. The minimum Gasteiger partial charge on any atom is -0.493 e. The number of benzene rings is 1. The van der Waals surface area contributed by atoms with Crippen molar-refractivity contribution in [2.75, 3.05) is 14.2 Å². The highest BCUT2D eigenvalue weighted by Gasteiger charge is 2.17. The Morgan fingerprint density at radius 3 is 2.65 bits per heavy atom. The van der Waals surface area contributed by atoms with E-state index in [1.54, 1.807) is 20.4 Å². The Hall–Kier alpha value is -2.93. The number of thiazole rings is 1. The molecule has 0 saturated heterocycles. The number of carbonyl (C=O) groups excluding carboxylic acids is 1. The van der Waals surface area contributed by atoms with Crippen LogP contribution in [0.1, 0.15) is 21.1 Å². The first-order chi connectivity index (χ1) is 12.6. The Bertz CT molecular complexity index is 910. The zero-order valence-corrected chi connectivity index (χ0v) is 15.6. The van der Waals surface area contributed by atoms with E-state index in [0.29, 0.717) is 28.6 Å². The largest absolute Gasteiger partial charge is 0.493 e. The van der Waals surface area contributed by atoms with E-state index in [4.69, 9.17) is 9.47 Å². The number of hydrogen-bond donors (Lipinski definition) is 1. The van der Waals surface area contributed by atoms with Crippen molar-refractivity contribution in [1.82, 2.24) is 15.3 Å². The SMILES string of the molecule is COc1ccc(-c2nc(C)c(C(=O)NCc3ccccn3)s2)cc1OC. The van der Waals surface area contributed by atoms with Crippen LogP contribution in [0, 0.1) is 6.92 Å². The molecular weight excluding hydrogens is 350 g/mol. The third-order valence-electron chi connectivity index (χ3n) is 3.79. The lowest BCUT2D eigenvalue weighted by molar-refractivity contribution is 0.0953. The first-order valence-electron chi connectivity index (χ1n) is 8.00. The van der Waals surface area contributed by atoms with Crippen molar-refractivity contribution in [3.05, 3.63) is 58.9 Å². The molecule has 0 saturated carbocycles. The second kappa shape index (κ2) is 7.97. The van der Waals surface area contributed by atoms with E-state index in [1.807, 2.05) is 43.3 Å². The zero-order chi connectivity index (χ0) is 18.5. The van der Waals surface area contributed by atoms with Gasteiger partial charge in [0.05, 0.1) is 32.2 Å². The van der Waals surface area contributed by atoms with Crippen LogP contribution in [0.25, 0.3) is 10.6 Å². The van der Waals surface area contributed by atoms with Crippen LogP contribution in [0.2, 0.25) is 0 Å². The second-order valence-corrected chi connectivity index (χ2v) is 6.51. The minimum atomic E-state index is -0.155. The summed E-state index contributed by atoms with van der Waals surface area (Å²) in [5, 5.41) is 3.64. The summed E-state index contributed by atoms with van der Waals surface area (Å²) in [6.07, 6.45) is 1.70. The zero-order valence-electron chi connectivity index (χ0n) is 14.8. The van der Waals surface area contributed by atoms with E-state index in [0.717, 1.165) is 16.3 Å². The number of nitrogens with one attached hydrogen (secondary N) is 1. The van der Waals surface area contributed by atoms with Crippen LogP contribution in [0.5, 0.6) is 11.5 Å². The third kappa shape index (κ3) is 3.83. The molecule has 134 valence electrons. The van der Waals surface area contributed by atoms with Gasteiger partial charge in [-0.25, -0.2) is 4.98 Å². The number of methoxy groups -OCH3 is 2. The predicted octanol–water partition coefficient (Wildman–Crippen LogP) is 3.46. The van der Waals surface area contributed by atoms with Gasteiger partial charge >= 0.3 is 0 Å². The van der Waals surface area contributed by atoms with Gasteiger partial charge in [-0.05, 0) is 37.3 Å². The Morgan fingerprint density at radius 1 is 1.15 bits per heavy atom. The number of hydrogen-bond acceptors (Lipinski definition) is 6. The molecule has 1 aromatic carbocycles. The van der Waals surface area contributed by atoms with Crippen molar-refractivity contribution in [3.8, 4) is 22.1 Å². The predicted molar refractivity (Wildman–Crippen MR) is 101 cm³/mol. The summed E-state index contributed by atoms with van der Waals surface area (Å²) < 4.78 is 10.6. The summed E-state index contributed by atoms with van der Waals surface area (Å²) in [6, 6.07) is 11.2. The van der Waals surface area contributed by atoms with Gasteiger partial charge in [-0.3, -0.25) is 9.78 Å². The first-order valence-corrected chi connectivity index (χ1v) is 8.82. The van der Waals surface area contributed by atoms with E-state index in [1.165, 1.54) is 11.3 Å². The molecule has 7 heteroatoms. The smallest absolute Gasteiger partial charge is 0.263 e. The molecule has 1 N–H and O–H groups in total. The summed E-state index contributed by atoms with van der Waals surface area (Å²) in [7, 11) is 3.18. The number of pyridine rings is 1. The maximum absolute atomic E-state index is 12.5. The van der Waals surface area contributed by atoms with Gasteiger partial charge in [-0.15, -0.1) is 11.3 Å². The number of ether oxygens (including phenoxy) is 2. The Kier molecular flexibility index (Phi) is 5.48. The topological polar surface area (TPSA) is 73.3 Å². The quantitative estimate of drug-likeness (QED) is 0.720. The molecule has 3 aromatic rings. The molecule has 0 unspecified atom stereocenters. The molecule has 6 nitrogen and oxygen atoms in total. The van der Waals surface area contributed by atoms with Crippen molar-refractivity contribution < 1.29 is 14.3 Å². The summed E-state index contributed by atoms with van der Waals surface area (Å²) in [6.45, 7) is 2.21. The molecule has 2 heterocycles. The van der Waals surface area contributed by atoms with E-state index < -0.39 is 0 Å². The Balaban J connectivity index is 1.79. The monoisotopic (exact) mass is 369 g/mol. The number of nitrogens with zero attached hydrogens (tertiary/aromatic N) is 2. The van der Waals surface area contributed by atoms with Crippen molar-refractivity contribution in [1.29, 1.82) is 0 Å². The molecule has 3 rings (SSSR count). The summed E-state index contributed by atoms with van der Waals surface area (Å²) in [5.74, 6) is 1.12. The third-order valence-corrected chi connectivity index (χ3v) is 4.99. The van der Waals surface area contributed by atoms with Crippen LogP contribution in [-0.4, -0.2) is 30.1 Å². The highest BCUT2D eigenvalue weighted by Crippen LogP contribution is 2.34. The lowest BCUT2D eigenvalue weighted by atomic mass is 10.2. The fourth-order valence-corrected chi connectivity index (χ4v) is 3.43. The van der Waals surface area contributed by atoms with E-state index >= 15 is 0 Å². The minimum absolute atomic E-state index is 0.155. The molecular formula is C19H19N3O3S. The Labute approximate surface area is 155 Å². The van der Waals surface area contributed by atoms with Gasteiger partial charge < -0.3 is 14.8 Å². The first kappa shape index (κ1) is 17.9. The van der Waals surface area contributed by atoms with Crippen molar-refractivity contribution in [2.45, 2.75) is 13.5 Å². The normalized spacial score (nSPS) is 10.4. The van der Waals surface area contributed by atoms with Crippen LogP contribution in [-0.2, 0) is 6.54 Å². The van der Waals surface area contributed by atoms with Gasteiger partial charge in [0.25, 0.3) is 5.91 Å². The van der Waals surface area contributed by atoms with Gasteiger partial charge in [0.2, 0.25) is 0 Å². The molecule has 26 heavy (non-hydrogen) atoms. The second-order valence-electron chi connectivity index (χ2n) is 5.51. The molecule has 0 radical (unpaired) electrons. The fourth-order valence-electron chi connectivity index (χ4n) is 2.45. The summed E-state index contributed by atoms with van der Waals surface area (Å²) in [4.78, 5) is 21.8. The van der Waals surface area contributed by atoms with E-state index in [9.17, 15) is 4.79 Å². The fraction of sp³-hybridized carbons (Fsp3) is 0.211. The standard InChI is InChI=1S/C19H19N3O3S/c1-12-17(18(23)21-11-14-6-4-5-9-20-14)26-19(22-12)13-7-8-15(24-2)16(10-13)25-3/h4-10H,11H2,1-3H3,(H,21,23). The average molecular weight is 369 g/mol. The van der Waals surface area contributed by atoms with E-state index in [-0.39, 0.29) is 5.91 Å². The van der Waals surface area contributed by atoms with Gasteiger partial charge in [-0.1, -0.05) is 6.07 Å². The number of amides is 1. The number of carbonyl (C=O) groups is 1. The molecule has 0 aliphatic carbocycles. The molecule has 0 aliphatic heterocycles. The summed E-state index contributed by atoms with van der Waals surface area (Å²) >= 11 is 1.35. The molecule has 2 aromatic heterocycles. The number of aryl methyl sites for hydroxylation is 1. The van der Waals surface area contributed by atoms with Gasteiger partial charge in [0.1, 0.15) is 9.88 Å². The van der Waals surface area contributed by atoms with Crippen LogP contribution < -0.4 is 14.8 Å². The van der Waals surface area contributed by atoms with Crippen LogP contribution in [0.3, 0.4) is 0 Å². The van der Waals surface area contributed by atoms with Crippen molar-refractivity contribution >= 4 is 17.2 Å². The molecule has 0 atom stereocenters. The van der Waals surface area contributed by atoms with Crippen LogP contribution >= 0.6 is 11.3 Å². The van der Waals surface area contributed by atoms with Crippen LogP contribution in [0.15, 0.2) is 42.6 Å². The molecule has 0 aliphatic rings. The molecule has 1 amide bonds. The van der Waals surface area contributed by atoms with Gasteiger partial charge in [0, 0.05) is 11.8 Å². The maximum Gasteiger partial charge on any atom is 0.263 e. The average Bonchev–Trinajstić information content (AvgIpc) is 3.08. The van der Waals surface area contributed by atoms with E-state index in [2.05, 4.69) is 15.3 Å². The molecule has 0 bridgehead atoms. The maximum atomic E-state index is 12.5. The van der Waals surface area contributed by atoms with Crippen molar-refractivity contribution in [2.24, 2.45) is 0 Å². The molecule has 0 spiro atoms. The summed E-state index contributed by atoms with van der Waals surface area (Å²) in [5.41, 5.74) is 2.38. The molecule has 0 fully saturated rings. The Morgan fingerprint density at radius 2 is 1.96 bits per heavy atom. The highest BCUT2D eigenvalue weighted by molar-refractivity contribution is 7.17.